The predicted octanol–water partition coefficient (Wildman–Crippen LogP) is 0.429. The Morgan fingerprint density at radius 1 is 1.64 bits per heavy atom. The van der Waals surface area contributed by atoms with Gasteiger partial charge < -0.3 is 14.7 Å². The van der Waals surface area contributed by atoms with Crippen molar-refractivity contribution in [2.45, 2.75) is 6.10 Å². The molecule has 14 heavy (non-hydrogen) atoms. The fraction of sp³-hybridized carbons (Fsp3) is 0.500. The van der Waals surface area contributed by atoms with Gasteiger partial charge >= 0.3 is 0 Å². The highest BCUT2D eigenvalue weighted by atomic mass is 79.9. The number of rotatable bonds is 2. The number of methoxy groups -OCH3 is 1. The molecule has 0 radical (unpaired) electrons. The summed E-state index contributed by atoms with van der Waals surface area (Å²) in [6, 6.07) is 0. The third-order valence-corrected chi connectivity index (χ3v) is 2.58. The Morgan fingerprint density at radius 3 is 2.93 bits per heavy atom. The van der Waals surface area contributed by atoms with Crippen LogP contribution in [0.1, 0.15) is 0 Å². The normalized spacial score (nSPS) is 16.6. The van der Waals surface area contributed by atoms with Gasteiger partial charge in [-0.3, -0.25) is 0 Å². The van der Waals surface area contributed by atoms with E-state index in [9.17, 15) is 0 Å². The van der Waals surface area contributed by atoms with Crippen molar-refractivity contribution < 1.29 is 9.84 Å². The fourth-order valence-corrected chi connectivity index (χ4v) is 1.61. The summed E-state index contributed by atoms with van der Waals surface area (Å²) in [5.74, 6) is 1.10. The van der Waals surface area contributed by atoms with Gasteiger partial charge in [0.1, 0.15) is 0 Å². The molecule has 1 fully saturated rings. The Bertz CT molecular complexity index is 341. The number of hydrogen-bond acceptors (Lipinski definition) is 5. The Balaban J connectivity index is 2.19. The van der Waals surface area contributed by atoms with E-state index in [1.165, 1.54) is 0 Å². The van der Waals surface area contributed by atoms with Crippen LogP contribution in [0, 0.1) is 0 Å². The van der Waals surface area contributed by atoms with E-state index in [0.717, 1.165) is 4.47 Å². The number of β-amino-alcohol motifs (C(OH)–C–C–N with tert-alkyl or cyclic N) is 1. The first-order chi connectivity index (χ1) is 6.70. The van der Waals surface area contributed by atoms with E-state index in [1.807, 2.05) is 4.90 Å². The first-order valence-electron chi connectivity index (χ1n) is 4.20. The van der Waals surface area contributed by atoms with Crippen molar-refractivity contribution in [3.05, 3.63) is 10.7 Å². The second-order valence-corrected chi connectivity index (χ2v) is 3.94. The summed E-state index contributed by atoms with van der Waals surface area (Å²) < 4.78 is 5.77. The lowest BCUT2D eigenvalue weighted by Crippen LogP contribution is -2.51. The number of aliphatic hydroxyl groups excluding tert-OH is 1. The lowest BCUT2D eigenvalue weighted by atomic mass is 10.2. The molecule has 76 valence electrons. The van der Waals surface area contributed by atoms with Crippen molar-refractivity contribution in [1.29, 1.82) is 0 Å². The van der Waals surface area contributed by atoms with E-state index in [4.69, 9.17) is 9.84 Å². The van der Waals surface area contributed by atoms with Crippen LogP contribution in [0.4, 0.5) is 5.95 Å². The highest BCUT2D eigenvalue weighted by molar-refractivity contribution is 9.10. The van der Waals surface area contributed by atoms with E-state index < -0.39 is 0 Å². The van der Waals surface area contributed by atoms with E-state index in [0.29, 0.717) is 24.9 Å². The van der Waals surface area contributed by atoms with Gasteiger partial charge in [-0.15, -0.1) is 0 Å². The molecular formula is C8H10BrN3O2. The maximum Gasteiger partial charge on any atom is 0.232 e. The van der Waals surface area contributed by atoms with E-state index in [2.05, 4.69) is 25.9 Å². The average molecular weight is 260 g/mol. The van der Waals surface area contributed by atoms with Crippen molar-refractivity contribution in [3.8, 4) is 5.88 Å². The Kier molecular flexibility index (Phi) is 2.56. The zero-order chi connectivity index (χ0) is 10.1. The number of halogens is 1. The van der Waals surface area contributed by atoms with Gasteiger partial charge in [0, 0.05) is 13.1 Å². The molecule has 2 heterocycles. The summed E-state index contributed by atoms with van der Waals surface area (Å²) in [6.07, 6.45) is 1.39. The smallest absolute Gasteiger partial charge is 0.232 e. The van der Waals surface area contributed by atoms with Crippen LogP contribution in [0.5, 0.6) is 5.88 Å². The summed E-state index contributed by atoms with van der Waals surface area (Å²) in [5, 5.41) is 9.12. The van der Waals surface area contributed by atoms with Gasteiger partial charge in [-0.2, -0.15) is 4.98 Å². The van der Waals surface area contributed by atoms with E-state index in [1.54, 1.807) is 13.3 Å². The Hall–Kier alpha value is -0.880. The van der Waals surface area contributed by atoms with Gasteiger partial charge in [-0.05, 0) is 15.9 Å². The fourth-order valence-electron chi connectivity index (χ4n) is 1.26. The molecule has 0 bridgehead atoms. The third kappa shape index (κ3) is 1.67. The third-order valence-electron chi connectivity index (χ3n) is 2.04. The molecule has 1 saturated heterocycles. The maximum atomic E-state index is 9.12. The highest BCUT2D eigenvalue weighted by Gasteiger charge is 2.27. The zero-order valence-corrected chi connectivity index (χ0v) is 9.23. The maximum absolute atomic E-state index is 9.12. The molecule has 1 N–H and O–H groups in total. The Labute approximate surface area is 89.9 Å². The second kappa shape index (κ2) is 3.70. The van der Waals surface area contributed by atoms with Gasteiger partial charge in [0.25, 0.3) is 0 Å². The standard InChI is InChI=1S/C8H10BrN3O2/c1-14-7-6(9)2-10-8(11-7)12-3-5(13)4-12/h2,5,13H,3-4H2,1H3. The van der Waals surface area contributed by atoms with Crippen LogP contribution in [0.15, 0.2) is 10.7 Å². The molecule has 5 nitrogen and oxygen atoms in total. The summed E-state index contributed by atoms with van der Waals surface area (Å²) in [7, 11) is 1.56. The number of nitrogens with zero attached hydrogens (tertiary/aromatic N) is 3. The van der Waals surface area contributed by atoms with E-state index in [-0.39, 0.29) is 6.10 Å². The molecule has 0 saturated carbocycles. The molecule has 1 aromatic heterocycles. The van der Waals surface area contributed by atoms with Crippen LogP contribution in [-0.4, -0.2) is 41.4 Å². The lowest BCUT2D eigenvalue weighted by molar-refractivity contribution is 0.140. The monoisotopic (exact) mass is 259 g/mol. The number of aliphatic hydroxyl groups is 1. The van der Waals surface area contributed by atoms with Crippen molar-refractivity contribution in [3.63, 3.8) is 0 Å². The highest BCUT2D eigenvalue weighted by Crippen LogP contribution is 2.25. The van der Waals surface area contributed by atoms with Crippen molar-refractivity contribution >= 4 is 21.9 Å². The minimum absolute atomic E-state index is 0.256. The largest absolute Gasteiger partial charge is 0.480 e. The SMILES string of the molecule is COc1nc(N2CC(O)C2)ncc1Br. The van der Waals surface area contributed by atoms with Crippen LogP contribution in [0.3, 0.4) is 0 Å². The minimum Gasteiger partial charge on any atom is -0.480 e. The van der Waals surface area contributed by atoms with Crippen LogP contribution in [0.25, 0.3) is 0 Å². The van der Waals surface area contributed by atoms with Crippen LogP contribution in [0.2, 0.25) is 0 Å². The molecule has 0 spiro atoms. The zero-order valence-electron chi connectivity index (χ0n) is 7.64. The summed E-state index contributed by atoms with van der Waals surface area (Å²) in [5.41, 5.74) is 0. The first-order valence-corrected chi connectivity index (χ1v) is 4.99. The first kappa shape index (κ1) is 9.67. The van der Waals surface area contributed by atoms with Gasteiger partial charge in [0.15, 0.2) is 0 Å². The number of aromatic nitrogens is 2. The molecule has 0 atom stereocenters. The van der Waals surface area contributed by atoms with Gasteiger partial charge in [0.2, 0.25) is 11.8 Å². The summed E-state index contributed by atoms with van der Waals surface area (Å²) in [4.78, 5) is 10.2. The molecule has 2 rings (SSSR count). The summed E-state index contributed by atoms with van der Waals surface area (Å²) >= 11 is 3.27. The molecule has 1 aliphatic rings. The number of hydrogen-bond donors (Lipinski definition) is 1. The predicted molar refractivity (Wildman–Crippen MR) is 54.5 cm³/mol. The minimum atomic E-state index is -0.256. The van der Waals surface area contributed by atoms with Crippen molar-refractivity contribution in [2.24, 2.45) is 0 Å². The Morgan fingerprint density at radius 2 is 2.36 bits per heavy atom. The van der Waals surface area contributed by atoms with Crippen molar-refractivity contribution in [1.82, 2.24) is 9.97 Å². The van der Waals surface area contributed by atoms with Gasteiger partial charge in [-0.1, -0.05) is 0 Å². The summed E-state index contributed by atoms with van der Waals surface area (Å²) in [6.45, 7) is 1.18. The van der Waals surface area contributed by atoms with E-state index >= 15 is 0 Å². The number of ether oxygens (including phenoxy) is 1. The molecular weight excluding hydrogens is 250 g/mol. The lowest BCUT2D eigenvalue weighted by Gasteiger charge is -2.35. The van der Waals surface area contributed by atoms with Crippen LogP contribution < -0.4 is 9.64 Å². The molecule has 1 aliphatic heterocycles. The van der Waals surface area contributed by atoms with Gasteiger partial charge in [-0.25, -0.2) is 4.98 Å². The molecule has 6 heteroatoms. The quantitative estimate of drug-likeness (QED) is 0.835. The number of anilines is 1. The molecule has 1 aromatic rings. The molecule has 0 aromatic carbocycles. The second-order valence-electron chi connectivity index (χ2n) is 3.09. The molecule has 0 aliphatic carbocycles. The molecule has 0 unspecified atom stereocenters. The van der Waals surface area contributed by atoms with Crippen molar-refractivity contribution in [2.75, 3.05) is 25.1 Å². The topological polar surface area (TPSA) is 58.5 Å². The molecule has 0 amide bonds. The van der Waals surface area contributed by atoms with Crippen LogP contribution >= 0.6 is 15.9 Å². The average Bonchev–Trinajstić information content (AvgIpc) is 2.14. The van der Waals surface area contributed by atoms with Gasteiger partial charge in [0.05, 0.1) is 23.9 Å². The van der Waals surface area contributed by atoms with Crippen LogP contribution in [-0.2, 0) is 0 Å².